The molecule has 1 atom stereocenters. The number of rotatable bonds is 2. The molecule has 2 aromatic carbocycles. The zero-order valence-electron chi connectivity index (χ0n) is 9.99. The third-order valence-electron chi connectivity index (χ3n) is 3.19. The van der Waals surface area contributed by atoms with E-state index in [0.717, 1.165) is 21.3 Å². The van der Waals surface area contributed by atoms with Gasteiger partial charge in [0.15, 0.2) is 0 Å². The highest BCUT2D eigenvalue weighted by molar-refractivity contribution is 9.10. The molecule has 1 aliphatic rings. The SMILES string of the molecule is O=C1Cc2cc(C(Br)c3cccc(Br)c3)ccc2N1. The molecular formula is C15H11Br2NO. The van der Waals surface area contributed by atoms with Gasteiger partial charge in [0, 0.05) is 10.2 Å². The molecule has 1 unspecified atom stereocenters. The minimum absolute atomic E-state index is 0.0701. The van der Waals surface area contributed by atoms with Crippen LogP contribution in [0.3, 0.4) is 0 Å². The molecule has 0 bridgehead atoms. The van der Waals surface area contributed by atoms with E-state index >= 15 is 0 Å². The number of carbonyl (C=O) groups is 1. The lowest BCUT2D eigenvalue weighted by Gasteiger charge is -2.12. The van der Waals surface area contributed by atoms with E-state index in [1.807, 2.05) is 24.3 Å². The van der Waals surface area contributed by atoms with E-state index in [1.165, 1.54) is 5.56 Å². The zero-order valence-corrected chi connectivity index (χ0v) is 13.2. The van der Waals surface area contributed by atoms with E-state index in [9.17, 15) is 4.79 Å². The molecule has 1 N–H and O–H groups in total. The number of halogens is 2. The Hall–Kier alpha value is -1.13. The molecule has 96 valence electrons. The Morgan fingerprint density at radius 1 is 1.11 bits per heavy atom. The monoisotopic (exact) mass is 379 g/mol. The van der Waals surface area contributed by atoms with Gasteiger partial charge in [-0.25, -0.2) is 0 Å². The summed E-state index contributed by atoms with van der Waals surface area (Å²) >= 11 is 7.21. The molecule has 0 saturated heterocycles. The van der Waals surface area contributed by atoms with Crippen molar-refractivity contribution < 1.29 is 4.79 Å². The number of benzene rings is 2. The molecule has 0 aromatic heterocycles. The van der Waals surface area contributed by atoms with E-state index in [2.05, 4.69) is 55.4 Å². The van der Waals surface area contributed by atoms with Crippen molar-refractivity contribution in [3.8, 4) is 0 Å². The standard InChI is InChI=1S/C15H11Br2NO/c16-12-3-1-2-9(7-12)15(17)10-4-5-13-11(6-10)8-14(19)18-13/h1-7,15H,8H2,(H,18,19). The Morgan fingerprint density at radius 3 is 2.68 bits per heavy atom. The number of hydrogen-bond acceptors (Lipinski definition) is 1. The molecular weight excluding hydrogens is 370 g/mol. The van der Waals surface area contributed by atoms with Crippen LogP contribution in [0, 0.1) is 0 Å². The van der Waals surface area contributed by atoms with Crippen molar-refractivity contribution in [3.63, 3.8) is 0 Å². The second-order valence-electron chi connectivity index (χ2n) is 4.56. The lowest BCUT2D eigenvalue weighted by atomic mass is 10.0. The van der Waals surface area contributed by atoms with Crippen molar-refractivity contribution >= 4 is 43.5 Å². The van der Waals surface area contributed by atoms with Crippen molar-refractivity contribution in [1.82, 2.24) is 0 Å². The van der Waals surface area contributed by atoms with Crippen LogP contribution in [0.1, 0.15) is 21.5 Å². The second kappa shape index (κ2) is 5.10. The zero-order chi connectivity index (χ0) is 13.4. The highest BCUT2D eigenvalue weighted by Crippen LogP contribution is 2.35. The summed E-state index contributed by atoms with van der Waals surface area (Å²) in [6.07, 6.45) is 0.474. The topological polar surface area (TPSA) is 29.1 Å². The van der Waals surface area contributed by atoms with Gasteiger partial charge in [-0.1, -0.05) is 56.1 Å². The van der Waals surface area contributed by atoms with Crippen LogP contribution in [-0.4, -0.2) is 5.91 Å². The van der Waals surface area contributed by atoms with E-state index in [4.69, 9.17) is 0 Å². The fourth-order valence-corrected chi connectivity index (χ4v) is 3.25. The van der Waals surface area contributed by atoms with Crippen LogP contribution in [0.5, 0.6) is 0 Å². The number of carbonyl (C=O) groups excluding carboxylic acids is 1. The first-order chi connectivity index (χ1) is 9.13. The van der Waals surface area contributed by atoms with Gasteiger partial charge < -0.3 is 5.32 Å². The Labute approximate surface area is 128 Å². The smallest absolute Gasteiger partial charge is 0.228 e. The summed E-state index contributed by atoms with van der Waals surface area (Å²) in [5.74, 6) is 0.0701. The van der Waals surface area contributed by atoms with Gasteiger partial charge in [0.2, 0.25) is 5.91 Å². The Balaban J connectivity index is 1.95. The summed E-state index contributed by atoms with van der Waals surface area (Å²) in [7, 11) is 0. The molecule has 0 saturated carbocycles. The average molecular weight is 381 g/mol. The molecule has 4 heteroatoms. The Bertz CT molecular complexity index is 654. The van der Waals surface area contributed by atoms with Gasteiger partial charge in [-0.05, 0) is 34.9 Å². The number of alkyl halides is 1. The maximum absolute atomic E-state index is 11.4. The van der Waals surface area contributed by atoms with Crippen molar-refractivity contribution in [3.05, 3.63) is 63.6 Å². The molecule has 1 amide bonds. The summed E-state index contributed by atoms with van der Waals surface area (Å²) in [6.45, 7) is 0. The maximum Gasteiger partial charge on any atom is 0.228 e. The number of nitrogens with one attached hydrogen (secondary N) is 1. The normalized spacial score (nSPS) is 14.9. The predicted octanol–water partition coefficient (Wildman–Crippen LogP) is 4.43. The first-order valence-corrected chi connectivity index (χ1v) is 7.66. The fourth-order valence-electron chi connectivity index (χ4n) is 2.26. The summed E-state index contributed by atoms with van der Waals surface area (Å²) in [5.41, 5.74) is 4.35. The number of amides is 1. The molecule has 0 aliphatic carbocycles. The summed E-state index contributed by atoms with van der Waals surface area (Å²) in [5, 5.41) is 2.85. The third-order valence-corrected chi connectivity index (χ3v) is 4.74. The van der Waals surface area contributed by atoms with Gasteiger partial charge in [-0.2, -0.15) is 0 Å². The van der Waals surface area contributed by atoms with Crippen molar-refractivity contribution in [2.24, 2.45) is 0 Å². The fraction of sp³-hybridized carbons (Fsp3) is 0.133. The molecule has 1 heterocycles. The molecule has 19 heavy (non-hydrogen) atoms. The van der Waals surface area contributed by atoms with Crippen molar-refractivity contribution in [1.29, 1.82) is 0 Å². The van der Waals surface area contributed by atoms with E-state index in [-0.39, 0.29) is 10.7 Å². The van der Waals surface area contributed by atoms with Crippen LogP contribution in [0.15, 0.2) is 46.9 Å². The van der Waals surface area contributed by atoms with Crippen LogP contribution in [-0.2, 0) is 11.2 Å². The van der Waals surface area contributed by atoms with E-state index in [0.29, 0.717) is 6.42 Å². The first-order valence-electron chi connectivity index (χ1n) is 5.96. The summed E-state index contributed by atoms with van der Waals surface area (Å²) < 4.78 is 1.06. The van der Waals surface area contributed by atoms with Crippen LogP contribution in [0.4, 0.5) is 5.69 Å². The maximum atomic E-state index is 11.4. The Morgan fingerprint density at radius 2 is 1.89 bits per heavy atom. The average Bonchev–Trinajstić information content (AvgIpc) is 2.76. The molecule has 1 aliphatic heterocycles. The van der Waals surface area contributed by atoms with Crippen molar-refractivity contribution in [2.45, 2.75) is 11.2 Å². The molecule has 3 rings (SSSR count). The minimum Gasteiger partial charge on any atom is -0.326 e. The summed E-state index contributed by atoms with van der Waals surface area (Å²) in [4.78, 5) is 11.5. The van der Waals surface area contributed by atoms with Gasteiger partial charge >= 0.3 is 0 Å². The van der Waals surface area contributed by atoms with E-state index in [1.54, 1.807) is 0 Å². The highest BCUT2D eigenvalue weighted by Gasteiger charge is 2.19. The predicted molar refractivity (Wildman–Crippen MR) is 83.7 cm³/mol. The van der Waals surface area contributed by atoms with Gasteiger partial charge in [0.05, 0.1) is 11.2 Å². The third kappa shape index (κ3) is 2.60. The molecule has 0 spiro atoms. The molecule has 0 radical (unpaired) electrons. The van der Waals surface area contributed by atoms with Crippen molar-refractivity contribution in [2.75, 3.05) is 5.32 Å². The highest BCUT2D eigenvalue weighted by atomic mass is 79.9. The lowest BCUT2D eigenvalue weighted by molar-refractivity contribution is -0.115. The Kier molecular flexibility index (Phi) is 3.46. The summed E-state index contributed by atoms with van der Waals surface area (Å²) in [6, 6.07) is 14.3. The van der Waals surface area contributed by atoms with Crippen LogP contribution in [0.25, 0.3) is 0 Å². The van der Waals surface area contributed by atoms with Gasteiger partial charge in [-0.15, -0.1) is 0 Å². The molecule has 2 nitrogen and oxygen atoms in total. The van der Waals surface area contributed by atoms with Gasteiger partial charge in [0.25, 0.3) is 0 Å². The number of fused-ring (bicyclic) bond motifs is 1. The van der Waals surface area contributed by atoms with Crippen LogP contribution in [0.2, 0.25) is 0 Å². The molecule has 2 aromatic rings. The van der Waals surface area contributed by atoms with Crippen LogP contribution >= 0.6 is 31.9 Å². The molecule has 0 fully saturated rings. The number of anilines is 1. The lowest BCUT2D eigenvalue weighted by Crippen LogP contribution is -2.03. The number of hydrogen-bond donors (Lipinski definition) is 1. The van der Waals surface area contributed by atoms with Crippen LogP contribution < -0.4 is 5.32 Å². The second-order valence-corrected chi connectivity index (χ2v) is 6.39. The largest absolute Gasteiger partial charge is 0.326 e. The van der Waals surface area contributed by atoms with Gasteiger partial charge in [0.1, 0.15) is 0 Å². The van der Waals surface area contributed by atoms with Gasteiger partial charge in [-0.3, -0.25) is 4.79 Å². The first kappa shape index (κ1) is 12.9. The van der Waals surface area contributed by atoms with E-state index < -0.39 is 0 Å². The minimum atomic E-state index is 0.0701. The quantitative estimate of drug-likeness (QED) is 0.767.